The molecule has 1 fully saturated rings. The van der Waals surface area contributed by atoms with Crippen LogP contribution in [0.2, 0.25) is 0 Å². The highest BCUT2D eigenvalue weighted by Crippen LogP contribution is 2.23. The quantitative estimate of drug-likeness (QED) is 0.250. The molecule has 1 aromatic carbocycles. The van der Waals surface area contributed by atoms with Gasteiger partial charge >= 0.3 is 6.09 Å². The van der Waals surface area contributed by atoms with Crippen LogP contribution >= 0.6 is 0 Å². The highest BCUT2D eigenvalue weighted by atomic mass is 16.7. The lowest BCUT2D eigenvalue weighted by Gasteiger charge is -2.42. The highest BCUT2D eigenvalue weighted by molar-refractivity contribution is 5.73. The third-order valence-corrected chi connectivity index (χ3v) is 5.40. The number of nitrogens with one attached hydrogen (secondary N) is 2. The lowest BCUT2D eigenvalue weighted by molar-refractivity contribution is -0.270. The van der Waals surface area contributed by atoms with Gasteiger partial charge in [0.2, 0.25) is 5.91 Å². The van der Waals surface area contributed by atoms with E-state index >= 15 is 0 Å². The lowest BCUT2D eigenvalue weighted by atomic mass is 9.97. The van der Waals surface area contributed by atoms with Crippen LogP contribution in [0.25, 0.3) is 0 Å². The van der Waals surface area contributed by atoms with Gasteiger partial charge in [-0.15, -0.1) is 0 Å². The molecule has 34 heavy (non-hydrogen) atoms. The summed E-state index contributed by atoms with van der Waals surface area (Å²) in [7, 11) is 1.56. The number of carbonyl (C=O) groups is 2. The molecule has 0 radical (unpaired) electrons. The van der Waals surface area contributed by atoms with Gasteiger partial charge in [0, 0.05) is 20.1 Å². The summed E-state index contributed by atoms with van der Waals surface area (Å²) in [5.74, 6) is 0.266. The molecule has 11 nitrogen and oxygen atoms in total. The van der Waals surface area contributed by atoms with Crippen molar-refractivity contribution in [2.24, 2.45) is 5.73 Å². The number of alkyl carbamates (subject to hydrolysis) is 1. The maximum atomic E-state index is 12.1. The SMILES string of the molecule is COc1cccc(CNC(=O)OCC2OC(OCCCCCCN)C(NC(C)=O)C(O)C2O)c1. The first kappa shape index (κ1) is 27.8. The second kappa shape index (κ2) is 14.7. The molecule has 1 aliphatic heterocycles. The normalized spacial score (nSPS) is 24.3. The van der Waals surface area contributed by atoms with E-state index in [1.54, 1.807) is 25.3 Å². The molecular weight excluding hydrogens is 446 g/mol. The lowest BCUT2D eigenvalue weighted by Crippen LogP contribution is -2.64. The molecule has 0 saturated carbocycles. The van der Waals surface area contributed by atoms with Gasteiger partial charge in [-0.25, -0.2) is 4.79 Å². The molecule has 5 unspecified atom stereocenters. The van der Waals surface area contributed by atoms with Gasteiger partial charge in [-0.1, -0.05) is 25.0 Å². The molecule has 1 heterocycles. The van der Waals surface area contributed by atoms with E-state index < -0.39 is 42.6 Å². The molecule has 0 aliphatic carbocycles. The smallest absolute Gasteiger partial charge is 0.407 e. The first-order valence-corrected chi connectivity index (χ1v) is 11.5. The van der Waals surface area contributed by atoms with E-state index in [1.165, 1.54) is 6.92 Å². The van der Waals surface area contributed by atoms with Crippen LogP contribution in [-0.2, 0) is 25.5 Å². The number of carbonyl (C=O) groups excluding carboxylic acids is 2. The van der Waals surface area contributed by atoms with Gasteiger partial charge in [0.15, 0.2) is 6.29 Å². The van der Waals surface area contributed by atoms with E-state index in [2.05, 4.69) is 10.6 Å². The van der Waals surface area contributed by atoms with E-state index in [4.69, 9.17) is 24.7 Å². The molecule has 11 heteroatoms. The molecule has 1 aliphatic rings. The minimum absolute atomic E-state index is 0.216. The summed E-state index contributed by atoms with van der Waals surface area (Å²) in [6.45, 7) is 2.17. The predicted molar refractivity (Wildman–Crippen MR) is 123 cm³/mol. The number of methoxy groups -OCH3 is 1. The molecule has 192 valence electrons. The van der Waals surface area contributed by atoms with E-state index in [1.807, 2.05) is 6.07 Å². The molecule has 2 rings (SSSR count). The zero-order valence-corrected chi connectivity index (χ0v) is 19.8. The van der Waals surface area contributed by atoms with Crippen LogP contribution in [0.4, 0.5) is 4.79 Å². The minimum atomic E-state index is -1.40. The van der Waals surface area contributed by atoms with Gasteiger partial charge in [-0.05, 0) is 37.1 Å². The fourth-order valence-corrected chi connectivity index (χ4v) is 3.56. The number of hydrogen-bond donors (Lipinski definition) is 5. The van der Waals surface area contributed by atoms with E-state index in [-0.39, 0.29) is 13.2 Å². The Morgan fingerprint density at radius 2 is 1.91 bits per heavy atom. The number of benzene rings is 1. The van der Waals surface area contributed by atoms with Crippen molar-refractivity contribution >= 4 is 12.0 Å². The molecule has 5 atom stereocenters. The number of aliphatic hydroxyl groups excluding tert-OH is 2. The standard InChI is InChI=1S/C23H37N3O8/c1-15(27)26-19-21(29)20(28)18(34-22(19)32-11-6-4-3-5-10-24)14-33-23(30)25-13-16-8-7-9-17(12-16)31-2/h7-9,12,18-22,28-29H,3-6,10-11,13-14,24H2,1-2H3,(H,25,30)(H,26,27). The van der Waals surface area contributed by atoms with Gasteiger partial charge in [0.1, 0.15) is 36.7 Å². The van der Waals surface area contributed by atoms with Crippen LogP contribution in [0.15, 0.2) is 24.3 Å². The number of amides is 2. The van der Waals surface area contributed by atoms with Gasteiger partial charge in [0.25, 0.3) is 0 Å². The summed E-state index contributed by atoms with van der Waals surface area (Å²) in [5.41, 5.74) is 6.31. The average molecular weight is 484 g/mol. The largest absolute Gasteiger partial charge is 0.497 e. The van der Waals surface area contributed by atoms with Crippen molar-refractivity contribution in [3.8, 4) is 5.75 Å². The molecule has 0 bridgehead atoms. The zero-order chi connectivity index (χ0) is 24.9. The first-order valence-electron chi connectivity index (χ1n) is 11.5. The Bertz CT molecular complexity index is 765. The summed E-state index contributed by atoms with van der Waals surface area (Å²) >= 11 is 0. The van der Waals surface area contributed by atoms with Crippen molar-refractivity contribution in [1.82, 2.24) is 10.6 Å². The van der Waals surface area contributed by atoms with Crippen molar-refractivity contribution in [3.63, 3.8) is 0 Å². The van der Waals surface area contributed by atoms with Crippen LogP contribution in [0.3, 0.4) is 0 Å². The third kappa shape index (κ3) is 9.07. The van der Waals surface area contributed by atoms with Gasteiger partial charge in [-0.3, -0.25) is 4.79 Å². The number of rotatable bonds is 13. The number of unbranched alkanes of at least 4 members (excludes halogenated alkanes) is 3. The summed E-state index contributed by atoms with van der Waals surface area (Å²) in [6, 6.07) is 6.24. The Balaban J connectivity index is 1.87. The summed E-state index contributed by atoms with van der Waals surface area (Å²) in [4.78, 5) is 23.7. The Hall–Kier alpha value is -2.44. The molecule has 0 aromatic heterocycles. The number of hydrogen-bond acceptors (Lipinski definition) is 9. The second-order valence-corrected chi connectivity index (χ2v) is 8.13. The van der Waals surface area contributed by atoms with Crippen molar-refractivity contribution in [2.45, 2.75) is 69.8 Å². The summed E-state index contributed by atoms with van der Waals surface area (Å²) in [5, 5.41) is 26.2. The second-order valence-electron chi connectivity index (χ2n) is 8.13. The maximum absolute atomic E-state index is 12.1. The summed E-state index contributed by atoms with van der Waals surface area (Å²) in [6.07, 6.45) is -1.95. The van der Waals surface area contributed by atoms with Gasteiger partial charge in [0.05, 0.1) is 7.11 Å². The van der Waals surface area contributed by atoms with Crippen LogP contribution < -0.4 is 21.1 Å². The Morgan fingerprint density at radius 3 is 2.62 bits per heavy atom. The summed E-state index contributed by atoms with van der Waals surface area (Å²) < 4.78 is 21.8. The molecule has 0 spiro atoms. The van der Waals surface area contributed by atoms with E-state index in [0.29, 0.717) is 18.9 Å². The van der Waals surface area contributed by atoms with Crippen molar-refractivity contribution in [1.29, 1.82) is 0 Å². The van der Waals surface area contributed by atoms with Crippen LogP contribution in [0.5, 0.6) is 5.75 Å². The van der Waals surface area contributed by atoms with Crippen molar-refractivity contribution in [2.75, 3.05) is 26.9 Å². The first-order chi connectivity index (χ1) is 16.3. The number of nitrogens with two attached hydrogens (primary N) is 1. The fourth-order valence-electron chi connectivity index (χ4n) is 3.56. The topological polar surface area (TPSA) is 162 Å². The fraction of sp³-hybridized carbons (Fsp3) is 0.652. The van der Waals surface area contributed by atoms with Crippen molar-refractivity contribution < 1.29 is 38.7 Å². The minimum Gasteiger partial charge on any atom is -0.497 e. The monoisotopic (exact) mass is 483 g/mol. The Morgan fingerprint density at radius 1 is 1.15 bits per heavy atom. The van der Waals surface area contributed by atoms with Crippen LogP contribution in [-0.4, -0.2) is 79.7 Å². The maximum Gasteiger partial charge on any atom is 0.407 e. The zero-order valence-electron chi connectivity index (χ0n) is 19.8. The van der Waals surface area contributed by atoms with E-state index in [0.717, 1.165) is 31.2 Å². The Labute approximate surface area is 199 Å². The molecule has 2 amide bonds. The molecule has 6 N–H and O–H groups in total. The molecular formula is C23H37N3O8. The number of ether oxygens (including phenoxy) is 4. The third-order valence-electron chi connectivity index (χ3n) is 5.40. The van der Waals surface area contributed by atoms with Crippen LogP contribution in [0, 0.1) is 0 Å². The Kier molecular flexibility index (Phi) is 12.1. The van der Waals surface area contributed by atoms with E-state index in [9.17, 15) is 19.8 Å². The van der Waals surface area contributed by atoms with Gasteiger partial charge in [-0.2, -0.15) is 0 Å². The van der Waals surface area contributed by atoms with Crippen molar-refractivity contribution in [3.05, 3.63) is 29.8 Å². The predicted octanol–water partition coefficient (Wildman–Crippen LogP) is 0.409. The average Bonchev–Trinajstić information content (AvgIpc) is 2.83. The highest BCUT2D eigenvalue weighted by Gasteiger charge is 2.46. The van der Waals surface area contributed by atoms with Gasteiger partial charge < -0.3 is 45.5 Å². The van der Waals surface area contributed by atoms with Crippen LogP contribution in [0.1, 0.15) is 38.2 Å². The molecule has 1 aromatic rings. The molecule has 1 saturated heterocycles. The number of aliphatic hydroxyl groups is 2.